The predicted octanol–water partition coefficient (Wildman–Crippen LogP) is 3.38. The van der Waals surface area contributed by atoms with E-state index in [4.69, 9.17) is 15.7 Å². The van der Waals surface area contributed by atoms with Crippen molar-refractivity contribution < 1.29 is 9.13 Å². The molecule has 0 bridgehead atoms. The van der Waals surface area contributed by atoms with Crippen LogP contribution in [0.15, 0.2) is 36.4 Å². The first kappa shape index (κ1) is 11.9. The minimum absolute atomic E-state index is 0.196. The monoisotopic (exact) mass is 242 g/mol. The minimum Gasteiger partial charge on any atom is -0.454 e. The van der Waals surface area contributed by atoms with Gasteiger partial charge in [0, 0.05) is 6.07 Å². The maximum Gasteiger partial charge on any atom is 0.150 e. The topological polar surface area (TPSA) is 59.0 Å². The normalized spacial score (nSPS) is 9.83. The van der Waals surface area contributed by atoms with Crippen LogP contribution < -0.4 is 10.5 Å². The third-order valence-corrected chi connectivity index (χ3v) is 2.52. The van der Waals surface area contributed by atoms with E-state index in [2.05, 4.69) is 0 Å². The Bertz CT molecular complexity index is 632. The zero-order chi connectivity index (χ0) is 13.1. The summed E-state index contributed by atoms with van der Waals surface area (Å²) in [5.74, 6) is 0.352. The van der Waals surface area contributed by atoms with Crippen LogP contribution in [-0.2, 0) is 0 Å². The van der Waals surface area contributed by atoms with Gasteiger partial charge in [-0.25, -0.2) is 4.39 Å². The van der Waals surface area contributed by atoms with Crippen molar-refractivity contribution in [3.8, 4) is 17.6 Å². The van der Waals surface area contributed by atoms with Crippen LogP contribution in [0.5, 0.6) is 11.5 Å². The summed E-state index contributed by atoms with van der Waals surface area (Å²) >= 11 is 0. The van der Waals surface area contributed by atoms with E-state index in [-0.39, 0.29) is 5.69 Å². The second-order valence-corrected chi connectivity index (χ2v) is 3.85. The van der Waals surface area contributed by atoms with E-state index in [1.807, 2.05) is 19.1 Å². The molecule has 18 heavy (non-hydrogen) atoms. The van der Waals surface area contributed by atoms with Crippen molar-refractivity contribution in [3.63, 3.8) is 0 Å². The van der Waals surface area contributed by atoms with Gasteiger partial charge in [-0.2, -0.15) is 5.26 Å². The largest absolute Gasteiger partial charge is 0.454 e. The number of ether oxygens (including phenoxy) is 1. The van der Waals surface area contributed by atoms with Crippen molar-refractivity contribution in [2.24, 2.45) is 0 Å². The van der Waals surface area contributed by atoms with Crippen LogP contribution in [0.25, 0.3) is 0 Å². The molecule has 0 heterocycles. The lowest BCUT2D eigenvalue weighted by Crippen LogP contribution is -1.96. The number of para-hydroxylation sites is 1. The van der Waals surface area contributed by atoms with E-state index in [1.165, 1.54) is 18.2 Å². The van der Waals surface area contributed by atoms with Crippen LogP contribution in [0.1, 0.15) is 11.1 Å². The van der Waals surface area contributed by atoms with Gasteiger partial charge in [0.2, 0.25) is 0 Å². The fourth-order valence-corrected chi connectivity index (χ4v) is 1.60. The van der Waals surface area contributed by atoms with Crippen LogP contribution in [0.3, 0.4) is 0 Å². The third kappa shape index (κ3) is 2.25. The number of halogens is 1. The molecule has 0 radical (unpaired) electrons. The molecule has 90 valence electrons. The van der Waals surface area contributed by atoms with Gasteiger partial charge in [-0.1, -0.05) is 12.1 Å². The molecule has 4 heteroatoms. The molecule has 2 N–H and O–H groups in total. The molecule has 0 aliphatic rings. The fraction of sp³-hybridized carbons (Fsp3) is 0.0714. The van der Waals surface area contributed by atoms with E-state index in [0.29, 0.717) is 17.1 Å². The summed E-state index contributed by atoms with van der Waals surface area (Å²) in [7, 11) is 0. The van der Waals surface area contributed by atoms with Crippen molar-refractivity contribution >= 4 is 5.69 Å². The summed E-state index contributed by atoms with van der Waals surface area (Å²) in [4.78, 5) is 0. The molecule has 2 aromatic carbocycles. The number of nitrogen functional groups attached to an aromatic ring is 1. The maximum atomic E-state index is 12.9. The highest BCUT2D eigenvalue weighted by Gasteiger charge is 2.10. The number of benzene rings is 2. The molecule has 0 unspecified atom stereocenters. The number of rotatable bonds is 2. The zero-order valence-electron chi connectivity index (χ0n) is 9.77. The first-order valence-corrected chi connectivity index (χ1v) is 5.34. The Kier molecular flexibility index (Phi) is 3.16. The van der Waals surface area contributed by atoms with Gasteiger partial charge in [0.25, 0.3) is 0 Å². The van der Waals surface area contributed by atoms with Crippen LogP contribution >= 0.6 is 0 Å². The van der Waals surface area contributed by atoms with E-state index < -0.39 is 5.82 Å². The van der Waals surface area contributed by atoms with Crippen LogP contribution in [0.4, 0.5) is 10.1 Å². The second kappa shape index (κ2) is 4.76. The summed E-state index contributed by atoms with van der Waals surface area (Å²) < 4.78 is 18.5. The molecule has 2 aromatic rings. The van der Waals surface area contributed by atoms with Crippen molar-refractivity contribution in [1.29, 1.82) is 5.26 Å². The highest BCUT2D eigenvalue weighted by atomic mass is 19.1. The number of aryl methyl sites for hydroxylation is 1. The molecule has 0 saturated heterocycles. The van der Waals surface area contributed by atoms with Gasteiger partial charge in [0.05, 0.1) is 11.3 Å². The lowest BCUT2D eigenvalue weighted by Gasteiger charge is -2.11. The van der Waals surface area contributed by atoms with Gasteiger partial charge < -0.3 is 10.5 Å². The molecule has 2 rings (SSSR count). The van der Waals surface area contributed by atoms with Gasteiger partial charge in [-0.05, 0) is 30.7 Å². The van der Waals surface area contributed by atoms with Gasteiger partial charge in [-0.3, -0.25) is 0 Å². The second-order valence-electron chi connectivity index (χ2n) is 3.85. The molecule has 3 nitrogen and oxygen atoms in total. The first-order chi connectivity index (χ1) is 8.61. The van der Waals surface area contributed by atoms with Crippen molar-refractivity contribution in [2.45, 2.75) is 6.92 Å². The lowest BCUT2D eigenvalue weighted by molar-refractivity contribution is 0.478. The van der Waals surface area contributed by atoms with Gasteiger partial charge in [0.1, 0.15) is 17.6 Å². The average Bonchev–Trinajstić information content (AvgIpc) is 2.34. The molecule has 0 spiro atoms. The molecule has 0 atom stereocenters. The summed E-state index contributed by atoms with van der Waals surface area (Å²) in [6.07, 6.45) is 0. The predicted molar refractivity (Wildman–Crippen MR) is 66.8 cm³/mol. The van der Waals surface area contributed by atoms with E-state index in [9.17, 15) is 4.39 Å². The zero-order valence-corrected chi connectivity index (χ0v) is 9.77. The molecule has 0 fully saturated rings. The van der Waals surface area contributed by atoms with Gasteiger partial charge in [0.15, 0.2) is 5.75 Å². The lowest BCUT2D eigenvalue weighted by atomic mass is 10.1. The molecule has 0 aliphatic heterocycles. The fourth-order valence-electron chi connectivity index (χ4n) is 1.60. The maximum absolute atomic E-state index is 12.9. The molecular weight excluding hydrogens is 231 g/mol. The van der Waals surface area contributed by atoms with Crippen LogP contribution in [0, 0.1) is 24.1 Å². The Hall–Kier alpha value is -2.54. The van der Waals surface area contributed by atoms with E-state index in [1.54, 1.807) is 12.1 Å². The highest BCUT2D eigenvalue weighted by Crippen LogP contribution is 2.32. The molecule has 0 amide bonds. The number of hydrogen-bond acceptors (Lipinski definition) is 3. The molecule has 0 aromatic heterocycles. The standard InChI is InChI=1S/C14H11FN2O/c1-9-3-2-4-10(8-16)14(9)18-13-6-5-11(15)7-12(13)17/h2-7H,17H2,1H3. The Morgan fingerprint density at radius 3 is 2.72 bits per heavy atom. The third-order valence-electron chi connectivity index (χ3n) is 2.52. The van der Waals surface area contributed by atoms with E-state index in [0.717, 1.165) is 5.56 Å². The Balaban J connectivity index is 2.43. The van der Waals surface area contributed by atoms with E-state index >= 15 is 0 Å². The SMILES string of the molecule is Cc1cccc(C#N)c1Oc1ccc(F)cc1N. The van der Waals surface area contributed by atoms with Crippen molar-refractivity contribution in [3.05, 3.63) is 53.3 Å². The Labute approximate surface area is 104 Å². The molecule has 0 saturated carbocycles. The number of anilines is 1. The van der Waals surface area contributed by atoms with Gasteiger partial charge >= 0.3 is 0 Å². The quantitative estimate of drug-likeness (QED) is 0.821. The number of nitriles is 1. The smallest absolute Gasteiger partial charge is 0.150 e. The van der Waals surface area contributed by atoms with Gasteiger partial charge in [-0.15, -0.1) is 0 Å². The number of nitrogens with two attached hydrogens (primary N) is 1. The first-order valence-electron chi connectivity index (χ1n) is 5.34. The summed E-state index contributed by atoms with van der Waals surface area (Å²) in [6, 6.07) is 11.2. The highest BCUT2D eigenvalue weighted by molar-refractivity contribution is 5.57. The molecule has 0 aliphatic carbocycles. The Morgan fingerprint density at radius 1 is 1.28 bits per heavy atom. The molecular formula is C14H11FN2O. The number of nitrogens with zero attached hydrogens (tertiary/aromatic N) is 1. The average molecular weight is 242 g/mol. The summed E-state index contributed by atoms with van der Waals surface area (Å²) in [6.45, 7) is 1.83. The van der Waals surface area contributed by atoms with Crippen LogP contribution in [-0.4, -0.2) is 0 Å². The summed E-state index contributed by atoms with van der Waals surface area (Å²) in [5.41, 5.74) is 7.09. The Morgan fingerprint density at radius 2 is 2.06 bits per heavy atom. The minimum atomic E-state index is -0.426. The number of hydrogen-bond donors (Lipinski definition) is 1. The van der Waals surface area contributed by atoms with Crippen molar-refractivity contribution in [2.75, 3.05) is 5.73 Å². The summed E-state index contributed by atoms with van der Waals surface area (Å²) in [5, 5.41) is 9.01. The van der Waals surface area contributed by atoms with Crippen molar-refractivity contribution in [1.82, 2.24) is 0 Å². The van der Waals surface area contributed by atoms with Crippen LogP contribution in [0.2, 0.25) is 0 Å².